The van der Waals surface area contributed by atoms with Crippen molar-refractivity contribution in [2.24, 2.45) is 0 Å². The molecule has 2 aromatic heterocycles. The van der Waals surface area contributed by atoms with Crippen molar-refractivity contribution < 1.29 is 9.47 Å². The van der Waals surface area contributed by atoms with Gasteiger partial charge in [-0.15, -0.1) is 11.3 Å². The molecule has 0 saturated carbocycles. The predicted octanol–water partition coefficient (Wildman–Crippen LogP) is 5.96. The molecule has 1 atom stereocenters. The number of benzene rings is 3. The van der Waals surface area contributed by atoms with Gasteiger partial charge in [0.2, 0.25) is 0 Å². The maximum absolute atomic E-state index is 13.0. The summed E-state index contributed by atoms with van der Waals surface area (Å²) in [5.74, 6) is -0.609. The number of thiazole rings is 1. The van der Waals surface area contributed by atoms with E-state index >= 15 is 0 Å². The maximum Gasteiger partial charge on any atom is 0.354 e. The molecule has 0 saturated heterocycles. The number of aromatic nitrogens is 4. The third-order valence-corrected chi connectivity index (χ3v) is 8.28. The zero-order chi connectivity index (χ0) is 30.3. The van der Waals surface area contributed by atoms with Crippen LogP contribution in [0.2, 0.25) is 10.0 Å². The minimum absolute atomic E-state index is 0.216. The summed E-state index contributed by atoms with van der Waals surface area (Å²) in [4.78, 5) is 31.2. The number of nitriles is 1. The van der Waals surface area contributed by atoms with Crippen molar-refractivity contribution in [3.8, 4) is 33.5 Å². The van der Waals surface area contributed by atoms with Crippen molar-refractivity contribution in [2.75, 3.05) is 20.3 Å². The average molecular weight is 635 g/mol. The Kier molecular flexibility index (Phi) is 9.82. The van der Waals surface area contributed by atoms with Gasteiger partial charge < -0.3 is 9.47 Å². The molecular weight excluding hydrogens is 609 g/mol. The molecule has 3 aromatic carbocycles. The second-order valence-corrected chi connectivity index (χ2v) is 11.3. The van der Waals surface area contributed by atoms with Gasteiger partial charge in [-0.3, -0.25) is 4.79 Å². The summed E-state index contributed by atoms with van der Waals surface area (Å²) in [6.45, 7) is 0.290. The predicted molar refractivity (Wildman–Crippen MR) is 167 cm³/mol. The molecular formula is C31H25Cl2N5O4S. The second kappa shape index (κ2) is 13.9. The molecule has 0 bridgehead atoms. The summed E-state index contributed by atoms with van der Waals surface area (Å²) in [7, 11) is 1.52. The first-order valence-electron chi connectivity index (χ1n) is 13.2. The van der Waals surface area contributed by atoms with Crippen LogP contribution in [0.5, 0.6) is 0 Å². The van der Waals surface area contributed by atoms with Crippen molar-refractivity contribution in [3.63, 3.8) is 0 Å². The zero-order valence-corrected chi connectivity index (χ0v) is 25.3. The molecule has 5 rings (SSSR count). The molecule has 0 N–H and O–H groups in total. The van der Waals surface area contributed by atoms with Crippen LogP contribution in [0.15, 0.2) is 88.6 Å². The van der Waals surface area contributed by atoms with Gasteiger partial charge in [0, 0.05) is 29.1 Å². The topological polar surface area (TPSA) is 112 Å². The molecule has 12 heteroatoms. The fourth-order valence-electron chi connectivity index (χ4n) is 4.40. The summed E-state index contributed by atoms with van der Waals surface area (Å²) in [5, 5.41) is 15.8. The minimum Gasteiger partial charge on any atom is -0.382 e. The first-order valence-corrected chi connectivity index (χ1v) is 14.7. The van der Waals surface area contributed by atoms with Crippen LogP contribution in [0, 0.1) is 11.3 Å². The van der Waals surface area contributed by atoms with Crippen molar-refractivity contribution in [3.05, 3.63) is 120 Å². The SMILES string of the molecule is COCCOCn1c(=O)cnn(-c2ccc(C(C#N)Cc3nc(-c4ccccc4)c(-c4ccc(Cl)cc4)s3)c(Cl)c2)c1=O. The second-order valence-electron chi connectivity index (χ2n) is 9.39. The van der Waals surface area contributed by atoms with Gasteiger partial charge in [0.05, 0.1) is 46.5 Å². The fourth-order valence-corrected chi connectivity index (χ4v) is 5.97. The highest BCUT2D eigenvalue weighted by atomic mass is 35.5. The van der Waals surface area contributed by atoms with E-state index in [-0.39, 0.29) is 18.4 Å². The van der Waals surface area contributed by atoms with Gasteiger partial charge in [-0.25, -0.2) is 14.3 Å². The average Bonchev–Trinajstić information content (AvgIpc) is 3.44. The van der Waals surface area contributed by atoms with E-state index in [1.165, 1.54) is 18.4 Å². The Labute approximate surface area is 261 Å². The molecule has 0 amide bonds. The van der Waals surface area contributed by atoms with E-state index in [0.29, 0.717) is 29.3 Å². The lowest BCUT2D eigenvalue weighted by Crippen LogP contribution is -2.40. The monoisotopic (exact) mass is 633 g/mol. The molecule has 5 aromatic rings. The van der Waals surface area contributed by atoms with Gasteiger partial charge in [-0.1, -0.05) is 71.7 Å². The number of hydrogen-bond acceptors (Lipinski definition) is 8. The molecule has 43 heavy (non-hydrogen) atoms. The molecule has 0 aliphatic heterocycles. The number of ether oxygens (including phenoxy) is 2. The van der Waals surface area contributed by atoms with Crippen LogP contribution in [0.3, 0.4) is 0 Å². The number of methoxy groups -OCH3 is 1. The number of halogens is 2. The van der Waals surface area contributed by atoms with Crippen LogP contribution in [0.25, 0.3) is 27.4 Å². The summed E-state index contributed by atoms with van der Waals surface area (Å²) < 4.78 is 12.3. The van der Waals surface area contributed by atoms with Gasteiger partial charge >= 0.3 is 5.69 Å². The molecule has 218 valence electrons. The standard InChI is InChI=1S/C31H25Cl2N5O4S/c1-41-13-14-42-19-37-28(39)18-35-38(31(37)40)24-11-12-25(26(33)16-24)22(17-34)15-27-36-29(20-5-3-2-4-6-20)30(43-27)21-7-9-23(32)10-8-21/h2-12,16,18,22H,13-15,19H2,1H3. The van der Waals surface area contributed by atoms with Crippen molar-refractivity contribution in [1.82, 2.24) is 19.3 Å². The molecule has 0 aliphatic carbocycles. The summed E-state index contributed by atoms with van der Waals surface area (Å²) in [6, 6.07) is 24.7. The largest absolute Gasteiger partial charge is 0.382 e. The lowest BCUT2D eigenvalue weighted by atomic mass is 9.97. The van der Waals surface area contributed by atoms with Gasteiger partial charge in [0.1, 0.15) is 12.9 Å². The Bertz CT molecular complexity index is 1880. The lowest BCUT2D eigenvalue weighted by molar-refractivity contribution is 0.0300. The molecule has 0 spiro atoms. The molecule has 2 heterocycles. The molecule has 0 aliphatic rings. The van der Waals surface area contributed by atoms with E-state index in [1.54, 1.807) is 18.2 Å². The van der Waals surface area contributed by atoms with Crippen molar-refractivity contribution in [2.45, 2.75) is 19.1 Å². The van der Waals surface area contributed by atoms with E-state index in [1.807, 2.05) is 54.6 Å². The zero-order valence-electron chi connectivity index (χ0n) is 22.9. The van der Waals surface area contributed by atoms with Crippen molar-refractivity contribution >= 4 is 34.5 Å². The van der Waals surface area contributed by atoms with Crippen LogP contribution in [-0.2, 0) is 22.6 Å². The highest BCUT2D eigenvalue weighted by molar-refractivity contribution is 7.15. The fraction of sp³-hybridized carbons (Fsp3) is 0.194. The van der Waals surface area contributed by atoms with Crippen LogP contribution in [0.1, 0.15) is 16.5 Å². The van der Waals surface area contributed by atoms with Crippen LogP contribution < -0.4 is 11.2 Å². The minimum atomic E-state index is -0.684. The maximum atomic E-state index is 13.0. The first kappa shape index (κ1) is 30.4. The molecule has 0 fully saturated rings. The summed E-state index contributed by atoms with van der Waals surface area (Å²) >= 11 is 14.3. The third-order valence-electron chi connectivity index (χ3n) is 6.58. The van der Waals surface area contributed by atoms with Gasteiger partial charge in [0.25, 0.3) is 5.56 Å². The van der Waals surface area contributed by atoms with Gasteiger partial charge in [0.15, 0.2) is 0 Å². The normalized spacial score (nSPS) is 11.8. The third kappa shape index (κ3) is 6.94. The van der Waals surface area contributed by atoms with Gasteiger partial charge in [-0.05, 0) is 35.4 Å². The van der Waals surface area contributed by atoms with Crippen LogP contribution >= 0.6 is 34.5 Å². The molecule has 0 radical (unpaired) electrons. The van der Waals surface area contributed by atoms with Crippen LogP contribution in [-0.4, -0.2) is 39.7 Å². The highest BCUT2D eigenvalue weighted by Crippen LogP contribution is 2.39. The lowest BCUT2D eigenvalue weighted by Gasteiger charge is -2.13. The quantitative estimate of drug-likeness (QED) is 0.165. The Balaban J connectivity index is 1.44. The number of nitrogens with zero attached hydrogens (tertiary/aromatic N) is 5. The smallest absolute Gasteiger partial charge is 0.354 e. The van der Waals surface area contributed by atoms with E-state index < -0.39 is 17.2 Å². The summed E-state index contributed by atoms with van der Waals surface area (Å²) in [6.07, 6.45) is 1.36. The Morgan fingerprint density at radius 3 is 2.47 bits per heavy atom. The number of hydrogen-bond donors (Lipinski definition) is 0. The van der Waals surface area contributed by atoms with E-state index in [2.05, 4.69) is 11.2 Å². The highest BCUT2D eigenvalue weighted by Gasteiger charge is 2.21. The molecule has 9 nitrogen and oxygen atoms in total. The Hall–Kier alpha value is -4.11. The number of rotatable bonds is 11. The Morgan fingerprint density at radius 1 is 1.00 bits per heavy atom. The van der Waals surface area contributed by atoms with E-state index in [4.69, 9.17) is 37.7 Å². The van der Waals surface area contributed by atoms with Crippen molar-refractivity contribution in [1.29, 1.82) is 5.26 Å². The van der Waals surface area contributed by atoms with E-state index in [9.17, 15) is 14.9 Å². The van der Waals surface area contributed by atoms with Gasteiger partial charge in [-0.2, -0.15) is 15.0 Å². The molecule has 1 unspecified atom stereocenters. The van der Waals surface area contributed by atoms with Crippen LogP contribution in [0.4, 0.5) is 0 Å². The van der Waals surface area contributed by atoms with E-state index in [0.717, 1.165) is 42.2 Å². The first-order chi connectivity index (χ1) is 20.9. The summed E-state index contributed by atoms with van der Waals surface area (Å²) in [5.41, 5.74) is 2.42. The Morgan fingerprint density at radius 2 is 1.77 bits per heavy atom.